The Kier molecular flexibility index (Phi) is 7.63. The van der Waals surface area contributed by atoms with E-state index in [1.54, 1.807) is 10.6 Å². The summed E-state index contributed by atoms with van der Waals surface area (Å²) in [5, 5.41) is 12.0. The van der Waals surface area contributed by atoms with Gasteiger partial charge in [-0.05, 0) is 72.8 Å². The largest absolute Gasteiger partial charge is 0.473 e. The van der Waals surface area contributed by atoms with Gasteiger partial charge in [-0.2, -0.15) is 0 Å². The highest BCUT2D eigenvalue weighted by atomic mass is 32.1. The monoisotopic (exact) mass is 457 g/mol. The number of benzene rings is 2. The maximum absolute atomic E-state index is 11.3. The third-order valence-corrected chi connectivity index (χ3v) is 5.01. The SMILES string of the molecule is CNc1ccc(OCNc2cccc(-n3c(=S)[nH][nH]c3=S)c2)cc1C/C=C/C(=O)OC. The fraction of sp³-hybridized carbons (Fsp3) is 0.190. The zero-order valence-corrected chi connectivity index (χ0v) is 18.7. The summed E-state index contributed by atoms with van der Waals surface area (Å²) < 4.78 is 13.2. The van der Waals surface area contributed by atoms with Gasteiger partial charge >= 0.3 is 5.97 Å². The van der Waals surface area contributed by atoms with Crippen LogP contribution in [-0.4, -0.2) is 41.6 Å². The summed E-state index contributed by atoms with van der Waals surface area (Å²) in [6.45, 7) is 0.269. The molecule has 0 amide bonds. The second kappa shape index (κ2) is 10.6. The van der Waals surface area contributed by atoms with Crippen molar-refractivity contribution in [2.45, 2.75) is 6.42 Å². The maximum atomic E-state index is 11.3. The number of nitrogens with one attached hydrogen (secondary N) is 4. The van der Waals surface area contributed by atoms with Gasteiger partial charge in [0.2, 0.25) is 0 Å². The summed E-state index contributed by atoms with van der Waals surface area (Å²) in [6.07, 6.45) is 3.73. The van der Waals surface area contributed by atoms with Crippen molar-refractivity contribution in [2.75, 3.05) is 31.5 Å². The molecule has 8 nitrogen and oxygen atoms in total. The average molecular weight is 458 g/mol. The minimum Gasteiger partial charge on any atom is -0.473 e. The Labute approximate surface area is 189 Å². The molecule has 0 unspecified atom stereocenters. The first-order valence-corrected chi connectivity index (χ1v) is 10.3. The number of carbonyl (C=O) groups is 1. The first kappa shape index (κ1) is 22.3. The lowest BCUT2D eigenvalue weighted by Crippen LogP contribution is -2.09. The summed E-state index contributed by atoms with van der Waals surface area (Å²) in [6, 6.07) is 13.5. The number of anilines is 2. The molecule has 4 N–H and O–H groups in total. The number of ether oxygens (including phenoxy) is 2. The first-order chi connectivity index (χ1) is 15.0. The van der Waals surface area contributed by atoms with Crippen molar-refractivity contribution < 1.29 is 14.3 Å². The Morgan fingerprint density at radius 3 is 2.65 bits per heavy atom. The molecule has 0 spiro atoms. The molecule has 0 atom stereocenters. The predicted octanol–water partition coefficient (Wildman–Crippen LogP) is 4.35. The number of carbonyl (C=O) groups excluding carboxylic acids is 1. The molecule has 0 saturated carbocycles. The van der Waals surface area contributed by atoms with Crippen LogP contribution in [0.2, 0.25) is 0 Å². The minimum atomic E-state index is -0.383. The van der Waals surface area contributed by atoms with Crippen LogP contribution in [0.25, 0.3) is 5.69 Å². The zero-order valence-electron chi connectivity index (χ0n) is 17.1. The Bertz CT molecular complexity index is 1170. The van der Waals surface area contributed by atoms with Crippen LogP contribution in [-0.2, 0) is 16.0 Å². The number of nitrogens with zero attached hydrogens (tertiary/aromatic N) is 1. The van der Waals surface area contributed by atoms with Crippen LogP contribution < -0.4 is 15.4 Å². The standard InChI is InChI=1S/C21H23N5O3S2/c1-22-18-10-9-17(11-14(18)5-3-8-19(27)28-2)29-13-23-15-6-4-7-16(12-15)26-20(30)24-25-21(26)31/h3-4,6-12,22-23H,5,13H2,1-2H3,(H,24,30)(H,25,31)/b8-3+. The fourth-order valence-electron chi connectivity index (χ4n) is 2.93. The third-order valence-electron chi connectivity index (χ3n) is 4.44. The topological polar surface area (TPSA) is 96.1 Å². The lowest BCUT2D eigenvalue weighted by atomic mass is 10.1. The van der Waals surface area contributed by atoms with Crippen molar-refractivity contribution in [3.8, 4) is 11.4 Å². The molecule has 31 heavy (non-hydrogen) atoms. The van der Waals surface area contributed by atoms with E-state index in [-0.39, 0.29) is 12.7 Å². The summed E-state index contributed by atoms with van der Waals surface area (Å²) in [4.78, 5) is 11.3. The van der Waals surface area contributed by atoms with Gasteiger partial charge in [-0.1, -0.05) is 12.1 Å². The number of H-pyrrole nitrogens is 2. The molecule has 0 aliphatic rings. The summed E-state index contributed by atoms with van der Waals surface area (Å²) in [5.74, 6) is 0.325. The van der Waals surface area contributed by atoms with E-state index in [1.807, 2.05) is 49.5 Å². The summed E-state index contributed by atoms with van der Waals surface area (Å²) in [5.41, 5.74) is 3.67. The van der Waals surface area contributed by atoms with Crippen LogP contribution in [0.4, 0.5) is 11.4 Å². The van der Waals surface area contributed by atoms with Crippen LogP contribution in [0, 0.1) is 9.54 Å². The molecule has 0 radical (unpaired) electrons. The van der Waals surface area contributed by atoms with Crippen molar-refractivity contribution in [1.82, 2.24) is 14.8 Å². The van der Waals surface area contributed by atoms with E-state index in [2.05, 4.69) is 25.6 Å². The zero-order chi connectivity index (χ0) is 22.2. The summed E-state index contributed by atoms with van der Waals surface area (Å²) >= 11 is 10.5. The Morgan fingerprint density at radius 2 is 1.94 bits per heavy atom. The molecule has 0 bridgehead atoms. The lowest BCUT2D eigenvalue weighted by Gasteiger charge is -2.13. The highest BCUT2D eigenvalue weighted by Crippen LogP contribution is 2.23. The van der Waals surface area contributed by atoms with Gasteiger partial charge in [-0.25, -0.2) is 4.79 Å². The second-order valence-corrected chi connectivity index (χ2v) is 7.18. The fourth-order valence-corrected chi connectivity index (χ4v) is 3.48. The predicted molar refractivity (Wildman–Crippen MR) is 126 cm³/mol. The Morgan fingerprint density at radius 1 is 1.16 bits per heavy atom. The van der Waals surface area contributed by atoms with Gasteiger partial charge in [0.25, 0.3) is 0 Å². The Hall–Kier alpha value is -3.37. The normalized spacial score (nSPS) is 10.8. The molecule has 3 rings (SSSR count). The molecule has 0 aliphatic heterocycles. The van der Waals surface area contributed by atoms with Gasteiger partial charge in [-0.15, -0.1) is 0 Å². The number of aromatic nitrogens is 3. The van der Waals surface area contributed by atoms with Crippen molar-refractivity contribution in [1.29, 1.82) is 0 Å². The second-order valence-electron chi connectivity index (χ2n) is 6.41. The number of allylic oxidation sites excluding steroid dienone is 1. The number of hydrogen-bond donors (Lipinski definition) is 4. The van der Waals surface area contributed by atoms with Gasteiger partial charge in [0.05, 0.1) is 12.8 Å². The third kappa shape index (κ3) is 5.83. The minimum absolute atomic E-state index is 0.269. The van der Waals surface area contributed by atoms with E-state index in [9.17, 15) is 4.79 Å². The quantitative estimate of drug-likeness (QED) is 0.164. The maximum Gasteiger partial charge on any atom is 0.330 e. The van der Waals surface area contributed by atoms with Crippen LogP contribution >= 0.6 is 24.4 Å². The van der Waals surface area contributed by atoms with E-state index in [0.29, 0.717) is 21.7 Å². The molecule has 0 saturated heterocycles. The molecular formula is C21H23N5O3S2. The van der Waals surface area contributed by atoms with Crippen molar-refractivity contribution >= 4 is 41.8 Å². The van der Waals surface area contributed by atoms with E-state index in [0.717, 1.165) is 22.6 Å². The first-order valence-electron chi connectivity index (χ1n) is 9.44. The highest BCUT2D eigenvalue weighted by molar-refractivity contribution is 7.72. The molecule has 0 aliphatic carbocycles. The van der Waals surface area contributed by atoms with E-state index in [1.165, 1.54) is 13.2 Å². The van der Waals surface area contributed by atoms with Gasteiger partial charge in [0.1, 0.15) is 5.75 Å². The summed E-state index contributed by atoms with van der Waals surface area (Å²) in [7, 11) is 3.20. The molecule has 3 aromatic rings. The smallest absolute Gasteiger partial charge is 0.330 e. The van der Waals surface area contributed by atoms with E-state index < -0.39 is 0 Å². The molecule has 162 valence electrons. The number of hydrogen-bond acceptors (Lipinski definition) is 7. The van der Waals surface area contributed by atoms with Crippen LogP contribution in [0.15, 0.2) is 54.6 Å². The van der Waals surface area contributed by atoms with E-state index >= 15 is 0 Å². The van der Waals surface area contributed by atoms with Crippen molar-refractivity contribution in [3.05, 3.63) is 69.7 Å². The lowest BCUT2D eigenvalue weighted by molar-refractivity contribution is -0.134. The Balaban J connectivity index is 1.65. The molecule has 1 heterocycles. The van der Waals surface area contributed by atoms with Gasteiger partial charge < -0.3 is 20.1 Å². The molecule has 10 heteroatoms. The van der Waals surface area contributed by atoms with Crippen LogP contribution in [0.1, 0.15) is 5.56 Å². The molecule has 1 aromatic heterocycles. The van der Waals surface area contributed by atoms with E-state index in [4.69, 9.17) is 29.2 Å². The van der Waals surface area contributed by atoms with Gasteiger partial charge in [0.15, 0.2) is 16.3 Å². The van der Waals surface area contributed by atoms with Crippen molar-refractivity contribution in [3.63, 3.8) is 0 Å². The highest BCUT2D eigenvalue weighted by Gasteiger charge is 2.05. The van der Waals surface area contributed by atoms with Gasteiger partial charge in [-0.3, -0.25) is 14.8 Å². The number of esters is 1. The molecular weight excluding hydrogens is 434 g/mol. The average Bonchev–Trinajstić information content (AvgIpc) is 3.12. The molecule has 0 fully saturated rings. The van der Waals surface area contributed by atoms with Gasteiger partial charge in [0, 0.05) is 24.5 Å². The number of aromatic amines is 2. The van der Waals surface area contributed by atoms with Crippen LogP contribution in [0.3, 0.4) is 0 Å². The number of rotatable bonds is 9. The van der Waals surface area contributed by atoms with Crippen LogP contribution in [0.5, 0.6) is 5.75 Å². The molecule has 2 aromatic carbocycles. The number of methoxy groups -OCH3 is 1. The van der Waals surface area contributed by atoms with Crippen molar-refractivity contribution in [2.24, 2.45) is 0 Å².